The van der Waals surface area contributed by atoms with Crippen LogP contribution in [0, 0.1) is 0 Å². The van der Waals surface area contributed by atoms with Gasteiger partial charge in [-0.1, -0.05) is 17.3 Å². The van der Waals surface area contributed by atoms with Gasteiger partial charge in [0.25, 0.3) is 0 Å². The maximum Gasteiger partial charge on any atom is 0.352 e. The van der Waals surface area contributed by atoms with Crippen LogP contribution in [-0.4, -0.2) is 33.9 Å². The van der Waals surface area contributed by atoms with Crippen molar-refractivity contribution in [2.45, 2.75) is 0 Å². The molecule has 3 aromatic heterocycles. The van der Waals surface area contributed by atoms with Gasteiger partial charge in [0, 0.05) is 14.1 Å². The molecular weight excluding hydrogens is 270 g/mol. The van der Waals surface area contributed by atoms with Crippen molar-refractivity contribution in [3.8, 4) is 11.5 Å². The number of aryl methyl sites for hydroxylation is 2. The molecule has 104 valence electrons. The second-order valence-corrected chi connectivity index (χ2v) is 4.77. The van der Waals surface area contributed by atoms with E-state index < -0.39 is 0 Å². The Bertz CT molecular complexity index is 1040. The Kier molecular flexibility index (Phi) is 2.23. The molecular formula is C13H11N7O. The van der Waals surface area contributed by atoms with E-state index in [0.29, 0.717) is 17.2 Å². The van der Waals surface area contributed by atoms with Crippen LogP contribution in [0.1, 0.15) is 0 Å². The lowest BCUT2D eigenvalue weighted by atomic mass is 10.3. The van der Waals surface area contributed by atoms with Crippen molar-refractivity contribution >= 4 is 16.7 Å². The van der Waals surface area contributed by atoms with Crippen LogP contribution in [0.25, 0.3) is 28.2 Å². The zero-order chi connectivity index (χ0) is 14.6. The van der Waals surface area contributed by atoms with E-state index in [0.717, 1.165) is 15.7 Å². The van der Waals surface area contributed by atoms with Crippen LogP contribution < -0.4 is 5.69 Å². The van der Waals surface area contributed by atoms with Crippen LogP contribution in [0.4, 0.5) is 0 Å². The molecule has 8 heteroatoms. The van der Waals surface area contributed by atoms with Gasteiger partial charge in [-0.25, -0.2) is 19.2 Å². The first kappa shape index (κ1) is 11.8. The van der Waals surface area contributed by atoms with Gasteiger partial charge < -0.3 is 4.57 Å². The summed E-state index contributed by atoms with van der Waals surface area (Å²) >= 11 is 0. The number of fused-ring (bicyclic) bond motifs is 2. The minimum Gasteiger partial charge on any atom is -0.326 e. The molecule has 0 unspecified atom stereocenters. The Hall–Kier alpha value is -3.03. The summed E-state index contributed by atoms with van der Waals surface area (Å²) < 4.78 is 4.45. The molecule has 0 atom stereocenters. The molecule has 4 aromatic rings. The van der Waals surface area contributed by atoms with Crippen molar-refractivity contribution in [2.24, 2.45) is 14.1 Å². The highest BCUT2D eigenvalue weighted by molar-refractivity contribution is 5.82. The topological polar surface area (TPSA) is 82.9 Å². The van der Waals surface area contributed by atoms with Gasteiger partial charge in [-0.05, 0) is 12.1 Å². The number of hydrogen-bond donors (Lipinski definition) is 0. The molecule has 4 rings (SSSR count). The minimum atomic E-state index is -0.294. The third-order valence-electron chi connectivity index (χ3n) is 3.50. The first-order valence-corrected chi connectivity index (χ1v) is 6.35. The standard InChI is InChI=1S/C13H11N7O/c1-18-9-6-4-3-5-8(9)15-11(18)10-12-16-17-19(2)13(21)20(12)7-14-10/h3-7H,1-2H3. The highest BCUT2D eigenvalue weighted by Crippen LogP contribution is 2.23. The molecule has 0 radical (unpaired) electrons. The Balaban J connectivity index is 2.07. The van der Waals surface area contributed by atoms with E-state index in [2.05, 4.69) is 20.3 Å². The quantitative estimate of drug-likeness (QED) is 0.503. The molecule has 0 aliphatic carbocycles. The van der Waals surface area contributed by atoms with E-state index in [1.165, 1.54) is 10.7 Å². The summed E-state index contributed by atoms with van der Waals surface area (Å²) in [5.74, 6) is 0.654. The molecule has 0 aliphatic heterocycles. The van der Waals surface area contributed by atoms with Gasteiger partial charge in [-0.3, -0.25) is 0 Å². The Labute approximate surface area is 118 Å². The average molecular weight is 281 g/mol. The van der Waals surface area contributed by atoms with Crippen molar-refractivity contribution in [1.82, 2.24) is 33.9 Å². The van der Waals surface area contributed by atoms with Gasteiger partial charge >= 0.3 is 5.69 Å². The molecule has 0 fully saturated rings. The molecule has 0 spiro atoms. The van der Waals surface area contributed by atoms with Crippen LogP contribution in [0.2, 0.25) is 0 Å². The first-order valence-electron chi connectivity index (χ1n) is 6.35. The summed E-state index contributed by atoms with van der Waals surface area (Å²) in [5, 5.41) is 7.85. The number of aromatic nitrogens is 7. The molecule has 21 heavy (non-hydrogen) atoms. The number of benzene rings is 1. The van der Waals surface area contributed by atoms with Gasteiger partial charge in [0.15, 0.2) is 17.2 Å². The third-order valence-corrected chi connectivity index (χ3v) is 3.50. The summed E-state index contributed by atoms with van der Waals surface area (Å²) in [6, 6.07) is 7.80. The van der Waals surface area contributed by atoms with Gasteiger partial charge in [-0.2, -0.15) is 4.68 Å². The number of para-hydroxylation sites is 2. The third kappa shape index (κ3) is 1.52. The van der Waals surface area contributed by atoms with Crippen LogP contribution in [0.3, 0.4) is 0 Å². The van der Waals surface area contributed by atoms with E-state index in [4.69, 9.17) is 0 Å². The summed E-state index contributed by atoms with van der Waals surface area (Å²) in [4.78, 5) is 20.8. The van der Waals surface area contributed by atoms with Crippen molar-refractivity contribution in [3.05, 3.63) is 41.1 Å². The smallest absolute Gasteiger partial charge is 0.326 e. The predicted molar refractivity (Wildman–Crippen MR) is 75.7 cm³/mol. The van der Waals surface area contributed by atoms with Gasteiger partial charge in [-0.15, -0.1) is 5.10 Å². The molecule has 8 nitrogen and oxygen atoms in total. The summed E-state index contributed by atoms with van der Waals surface area (Å²) in [6.07, 6.45) is 1.45. The van der Waals surface area contributed by atoms with Crippen molar-refractivity contribution < 1.29 is 0 Å². The lowest BCUT2D eigenvalue weighted by Gasteiger charge is -2.00. The minimum absolute atomic E-state index is 0.294. The highest BCUT2D eigenvalue weighted by atomic mass is 16.2. The van der Waals surface area contributed by atoms with Gasteiger partial charge in [0.1, 0.15) is 6.33 Å². The monoisotopic (exact) mass is 281 g/mol. The largest absolute Gasteiger partial charge is 0.352 e. The molecule has 0 saturated heterocycles. The average Bonchev–Trinajstić information content (AvgIpc) is 3.05. The van der Waals surface area contributed by atoms with Crippen LogP contribution >= 0.6 is 0 Å². The molecule has 0 N–H and O–H groups in total. The van der Waals surface area contributed by atoms with Crippen molar-refractivity contribution in [3.63, 3.8) is 0 Å². The normalized spacial score (nSPS) is 11.5. The lowest BCUT2D eigenvalue weighted by Crippen LogP contribution is -2.27. The predicted octanol–water partition coefficient (Wildman–Crippen LogP) is 0.377. The van der Waals surface area contributed by atoms with Gasteiger partial charge in [0.2, 0.25) is 0 Å². The molecule has 0 amide bonds. The SMILES string of the molecule is Cn1nnc2c(-c3nc4ccccc4n3C)ncn2c1=O. The maximum atomic E-state index is 12.0. The molecule has 0 bridgehead atoms. The summed E-state index contributed by atoms with van der Waals surface area (Å²) in [6.45, 7) is 0. The zero-order valence-electron chi connectivity index (χ0n) is 11.4. The van der Waals surface area contributed by atoms with E-state index in [1.807, 2.05) is 35.9 Å². The van der Waals surface area contributed by atoms with Crippen LogP contribution in [-0.2, 0) is 14.1 Å². The Morgan fingerprint density at radius 1 is 1.14 bits per heavy atom. The number of rotatable bonds is 1. The lowest BCUT2D eigenvalue weighted by molar-refractivity contribution is 0.607. The van der Waals surface area contributed by atoms with Crippen LogP contribution in [0.15, 0.2) is 35.4 Å². The molecule has 1 aromatic carbocycles. The van der Waals surface area contributed by atoms with E-state index >= 15 is 0 Å². The van der Waals surface area contributed by atoms with Gasteiger partial charge in [0.05, 0.1) is 11.0 Å². The fourth-order valence-electron chi connectivity index (χ4n) is 2.40. The summed E-state index contributed by atoms with van der Waals surface area (Å²) in [5.41, 5.74) is 2.51. The Morgan fingerprint density at radius 3 is 2.76 bits per heavy atom. The molecule has 0 aliphatic rings. The zero-order valence-corrected chi connectivity index (χ0v) is 11.4. The van der Waals surface area contributed by atoms with Crippen LogP contribution in [0.5, 0.6) is 0 Å². The van der Waals surface area contributed by atoms with E-state index in [1.54, 1.807) is 7.05 Å². The number of hydrogen-bond acceptors (Lipinski definition) is 5. The molecule has 0 saturated carbocycles. The maximum absolute atomic E-state index is 12.0. The fraction of sp³-hybridized carbons (Fsp3) is 0.154. The number of nitrogens with zero attached hydrogens (tertiary/aromatic N) is 7. The summed E-state index contributed by atoms with van der Waals surface area (Å²) in [7, 11) is 3.45. The highest BCUT2D eigenvalue weighted by Gasteiger charge is 2.17. The number of imidazole rings is 2. The second kappa shape index (κ2) is 3.98. The fourth-order valence-corrected chi connectivity index (χ4v) is 2.40. The Morgan fingerprint density at radius 2 is 1.95 bits per heavy atom. The molecule has 3 heterocycles. The first-order chi connectivity index (χ1) is 10.2. The van der Waals surface area contributed by atoms with Crippen molar-refractivity contribution in [1.29, 1.82) is 0 Å². The van der Waals surface area contributed by atoms with E-state index in [-0.39, 0.29) is 5.69 Å². The van der Waals surface area contributed by atoms with E-state index in [9.17, 15) is 4.79 Å². The second-order valence-electron chi connectivity index (χ2n) is 4.77. The van der Waals surface area contributed by atoms with Crippen molar-refractivity contribution in [2.75, 3.05) is 0 Å².